The molecular formula is C30H26AlN3O3. The topological polar surface area (TPSA) is 56.7 Å². The molecule has 7 heteroatoms. The van der Waals surface area contributed by atoms with Gasteiger partial charge < -0.3 is 16.3 Å². The number of pyridine rings is 2. The van der Waals surface area contributed by atoms with E-state index in [0.29, 0.717) is 17.2 Å². The van der Waals surface area contributed by atoms with Gasteiger partial charge in [-0.1, -0.05) is 42.5 Å². The van der Waals surface area contributed by atoms with Crippen molar-refractivity contribution in [2.45, 2.75) is 0 Å². The smallest absolute Gasteiger partial charge is 0.577 e. The summed E-state index contributed by atoms with van der Waals surface area (Å²) in [5, 5.41) is 0. The molecule has 182 valence electrons. The van der Waals surface area contributed by atoms with E-state index in [1.807, 2.05) is 128 Å². The van der Waals surface area contributed by atoms with Gasteiger partial charge in [-0.15, -0.1) is 0 Å². The molecule has 3 aromatic carbocycles. The van der Waals surface area contributed by atoms with Gasteiger partial charge in [0.1, 0.15) is 0 Å². The van der Waals surface area contributed by atoms with Crippen molar-refractivity contribution in [2.24, 2.45) is 0 Å². The minimum Gasteiger partial charge on any atom is -0.577 e. The number of hydrogen-bond acceptors (Lipinski definition) is 6. The molecule has 2 aromatic heterocycles. The van der Waals surface area contributed by atoms with Crippen molar-refractivity contribution < 1.29 is 11.4 Å². The first kappa shape index (κ1) is 24.4. The first-order valence-corrected chi connectivity index (χ1v) is 13.4. The summed E-state index contributed by atoms with van der Waals surface area (Å²) in [7, 11) is 3.99. The normalized spacial score (nSPS) is 10.4. The molecule has 37 heavy (non-hydrogen) atoms. The molecular weight excluding hydrogens is 477 g/mol. The van der Waals surface area contributed by atoms with Crippen molar-refractivity contribution >= 4 is 20.8 Å². The van der Waals surface area contributed by atoms with E-state index >= 15 is 0 Å². The van der Waals surface area contributed by atoms with Gasteiger partial charge in [0.05, 0.1) is 28.6 Å². The fourth-order valence-electron chi connectivity index (χ4n) is 3.83. The van der Waals surface area contributed by atoms with Crippen LogP contribution in [0, 0.1) is 0 Å². The molecule has 0 amide bonds. The average molecular weight is 504 g/mol. The summed E-state index contributed by atoms with van der Waals surface area (Å²) < 4.78 is 19.5. The van der Waals surface area contributed by atoms with Crippen LogP contribution in [0.5, 0.6) is 17.2 Å². The van der Waals surface area contributed by atoms with E-state index in [1.165, 1.54) is 0 Å². The number of anilines is 1. The summed E-state index contributed by atoms with van der Waals surface area (Å²) in [4.78, 5) is 11.0. The van der Waals surface area contributed by atoms with E-state index in [2.05, 4.69) is 9.97 Å². The molecule has 0 fully saturated rings. The Morgan fingerprint density at radius 2 is 1.11 bits per heavy atom. The molecule has 5 aromatic rings. The third kappa shape index (κ3) is 6.10. The molecule has 0 aliphatic rings. The van der Waals surface area contributed by atoms with Crippen LogP contribution in [0.15, 0.2) is 122 Å². The second-order valence-corrected chi connectivity index (χ2v) is 9.74. The number of para-hydroxylation sites is 2. The quantitative estimate of drug-likeness (QED) is 0.217. The molecule has 0 aliphatic carbocycles. The van der Waals surface area contributed by atoms with Crippen molar-refractivity contribution in [1.82, 2.24) is 9.97 Å². The van der Waals surface area contributed by atoms with Gasteiger partial charge in [-0.05, 0) is 60.7 Å². The van der Waals surface area contributed by atoms with Crippen LogP contribution >= 0.6 is 0 Å². The zero-order chi connectivity index (χ0) is 25.5. The highest BCUT2D eigenvalue weighted by Gasteiger charge is 2.45. The van der Waals surface area contributed by atoms with Crippen LogP contribution in [0.2, 0.25) is 0 Å². The molecule has 0 saturated heterocycles. The van der Waals surface area contributed by atoms with Gasteiger partial charge in [0.15, 0.2) is 0 Å². The fraction of sp³-hybridized carbons (Fsp3) is 0.0667. The summed E-state index contributed by atoms with van der Waals surface area (Å²) in [6.07, 6.45) is 3.54. The molecule has 0 atom stereocenters. The van der Waals surface area contributed by atoms with Gasteiger partial charge in [0.25, 0.3) is 0 Å². The third-order valence-corrected chi connectivity index (χ3v) is 7.03. The minimum absolute atomic E-state index is 0.650. The molecule has 0 unspecified atom stereocenters. The Bertz CT molecular complexity index is 1360. The Balaban J connectivity index is 1.51. The minimum atomic E-state index is -2.84. The number of hydrogen-bond donors (Lipinski definition) is 0. The SMILES string of the molecule is CN(C)c1cccc([O][Al]([O]c2ccccc2-c2ccccn2)[O]c2ccccc2-c2ccccn2)c1. The van der Waals surface area contributed by atoms with Gasteiger partial charge in [0, 0.05) is 49.4 Å². The summed E-state index contributed by atoms with van der Waals surface area (Å²) in [6, 6.07) is 35.1. The molecule has 0 radical (unpaired) electrons. The lowest BCUT2D eigenvalue weighted by atomic mass is 10.1. The van der Waals surface area contributed by atoms with Crippen molar-refractivity contribution in [3.63, 3.8) is 0 Å². The van der Waals surface area contributed by atoms with Crippen molar-refractivity contribution in [1.29, 1.82) is 0 Å². The third-order valence-electron chi connectivity index (χ3n) is 5.67. The van der Waals surface area contributed by atoms with Crippen molar-refractivity contribution in [3.8, 4) is 39.8 Å². The predicted molar refractivity (Wildman–Crippen MR) is 148 cm³/mol. The molecule has 0 saturated carbocycles. The number of aromatic nitrogens is 2. The highest BCUT2D eigenvalue weighted by atomic mass is 27.3. The predicted octanol–water partition coefficient (Wildman–Crippen LogP) is 6.40. The van der Waals surface area contributed by atoms with Crippen LogP contribution in [-0.4, -0.2) is 39.2 Å². The Labute approximate surface area is 222 Å². The molecule has 0 spiro atoms. The Hall–Kier alpha value is -4.31. The second kappa shape index (κ2) is 11.6. The van der Waals surface area contributed by atoms with Gasteiger partial charge in [-0.3, -0.25) is 9.97 Å². The van der Waals surface area contributed by atoms with E-state index in [4.69, 9.17) is 11.4 Å². The highest BCUT2D eigenvalue weighted by Crippen LogP contribution is 2.32. The van der Waals surface area contributed by atoms with Crippen molar-refractivity contribution in [2.75, 3.05) is 19.0 Å². The molecule has 2 heterocycles. The molecule has 0 N–H and O–H groups in total. The zero-order valence-corrected chi connectivity index (χ0v) is 21.8. The molecule has 0 aliphatic heterocycles. The maximum absolute atomic E-state index is 6.52. The van der Waals surface area contributed by atoms with Crippen LogP contribution < -0.4 is 16.3 Å². The Morgan fingerprint density at radius 3 is 1.62 bits per heavy atom. The average Bonchev–Trinajstić information content (AvgIpc) is 2.95. The van der Waals surface area contributed by atoms with E-state index in [-0.39, 0.29) is 0 Å². The molecule has 6 nitrogen and oxygen atoms in total. The van der Waals surface area contributed by atoms with E-state index in [0.717, 1.165) is 28.2 Å². The molecule has 0 bridgehead atoms. The van der Waals surface area contributed by atoms with E-state index in [9.17, 15) is 0 Å². The largest absolute Gasteiger partial charge is 1.20 e. The fourth-order valence-corrected chi connectivity index (χ4v) is 5.17. The van der Waals surface area contributed by atoms with E-state index in [1.54, 1.807) is 12.4 Å². The van der Waals surface area contributed by atoms with Crippen molar-refractivity contribution in [3.05, 3.63) is 122 Å². The summed E-state index contributed by atoms with van der Waals surface area (Å²) in [5.74, 6) is 1.97. The van der Waals surface area contributed by atoms with Crippen LogP contribution in [-0.2, 0) is 0 Å². The van der Waals surface area contributed by atoms with Gasteiger partial charge in [0.2, 0.25) is 0 Å². The van der Waals surface area contributed by atoms with Crippen LogP contribution in [0.1, 0.15) is 0 Å². The number of benzene rings is 3. The van der Waals surface area contributed by atoms with Crippen LogP contribution in [0.4, 0.5) is 5.69 Å². The Kier molecular flexibility index (Phi) is 7.66. The maximum atomic E-state index is 6.52. The standard InChI is InChI=1S/2C11H9NO.C8H11NO.Al/c2*13-11-7-2-1-5-9(11)10-6-3-4-8-12-10;1-9(2)7-4-3-5-8(10)6-7;/h2*1-8,13H;3-6,10H,1-2H3;/q;;;+3/p-3. The van der Waals surface area contributed by atoms with Gasteiger partial charge >= 0.3 is 15.1 Å². The number of nitrogens with zero attached hydrogens (tertiary/aromatic N) is 3. The lowest BCUT2D eigenvalue weighted by Crippen LogP contribution is -2.37. The van der Waals surface area contributed by atoms with Gasteiger partial charge in [-0.2, -0.15) is 0 Å². The monoisotopic (exact) mass is 503 g/mol. The van der Waals surface area contributed by atoms with Crippen LogP contribution in [0.25, 0.3) is 22.5 Å². The lowest BCUT2D eigenvalue weighted by molar-refractivity contribution is 0.308. The molecule has 5 rings (SSSR count). The number of rotatable bonds is 9. The highest BCUT2D eigenvalue weighted by molar-refractivity contribution is 6.39. The summed E-state index contributed by atoms with van der Waals surface area (Å²) in [5.41, 5.74) is 4.39. The van der Waals surface area contributed by atoms with E-state index < -0.39 is 15.1 Å². The second-order valence-electron chi connectivity index (χ2n) is 8.46. The first-order chi connectivity index (χ1) is 18.2. The Morgan fingerprint density at radius 1 is 0.568 bits per heavy atom. The maximum Gasteiger partial charge on any atom is 1.20 e. The van der Waals surface area contributed by atoms with Gasteiger partial charge in [-0.25, -0.2) is 0 Å². The lowest BCUT2D eigenvalue weighted by Gasteiger charge is -2.20. The summed E-state index contributed by atoms with van der Waals surface area (Å²) >= 11 is -2.84. The zero-order valence-electron chi connectivity index (χ0n) is 20.7. The van der Waals surface area contributed by atoms with Crippen LogP contribution in [0.3, 0.4) is 0 Å². The summed E-state index contributed by atoms with van der Waals surface area (Å²) in [6.45, 7) is 0. The first-order valence-electron chi connectivity index (χ1n) is 12.0.